The molecular formula is C17H23NS. The number of rotatable bonds is 6. The van der Waals surface area contributed by atoms with Crippen molar-refractivity contribution in [2.45, 2.75) is 39.7 Å². The maximum Gasteiger partial charge on any atom is 0.0299 e. The lowest BCUT2D eigenvalue weighted by molar-refractivity contribution is 0.597. The Bertz CT molecular complexity index is 482. The Balaban J connectivity index is 1.72. The molecule has 0 spiro atoms. The van der Waals surface area contributed by atoms with Crippen molar-refractivity contribution in [2.24, 2.45) is 0 Å². The highest BCUT2D eigenvalue weighted by Crippen LogP contribution is 2.21. The minimum absolute atomic E-state index is 0.625. The van der Waals surface area contributed by atoms with Gasteiger partial charge in [0.2, 0.25) is 0 Å². The van der Waals surface area contributed by atoms with E-state index < -0.39 is 0 Å². The SMILES string of the molecule is Cc1cc(CNCCC(C)c2ccccc2)sc1C. The largest absolute Gasteiger partial charge is 0.312 e. The summed E-state index contributed by atoms with van der Waals surface area (Å²) in [5, 5.41) is 3.55. The van der Waals surface area contributed by atoms with Crippen LogP contribution in [0.3, 0.4) is 0 Å². The Hall–Kier alpha value is -1.12. The standard InChI is InChI=1S/C17H23NS/c1-13(16-7-5-4-6-8-16)9-10-18-12-17-11-14(2)15(3)19-17/h4-8,11,13,18H,9-10,12H2,1-3H3. The normalized spacial score (nSPS) is 12.6. The van der Waals surface area contributed by atoms with Gasteiger partial charge in [-0.25, -0.2) is 0 Å². The summed E-state index contributed by atoms with van der Waals surface area (Å²) in [4.78, 5) is 2.89. The molecule has 0 aliphatic heterocycles. The van der Waals surface area contributed by atoms with Crippen molar-refractivity contribution in [1.82, 2.24) is 5.32 Å². The van der Waals surface area contributed by atoms with Crippen molar-refractivity contribution in [3.8, 4) is 0 Å². The Morgan fingerprint density at radius 1 is 1.16 bits per heavy atom. The number of aryl methyl sites for hydroxylation is 2. The molecule has 1 N–H and O–H groups in total. The fourth-order valence-corrected chi connectivity index (χ4v) is 3.24. The molecule has 0 fully saturated rings. The van der Waals surface area contributed by atoms with Gasteiger partial charge >= 0.3 is 0 Å². The summed E-state index contributed by atoms with van der Waals surface area (Å²) in [6.07, 6.45) is 1.19. The van der Waals surface area contributed by atoms with Crippen molar-refractivity contribution in [2.75, 3.05) is 6.54 Å². The Morgan fingerprint density at radius 2 is 1.89 bits per heavy atom. The molecule has 0 saturated carbocycles. The lowest BCUT2D eigenvalue weighted by Gasteiger charge is -2.12. The van der Waals surface area contributed by atoms with Crippen LogP contribution >= 0.6 is 11.3 Å². The number of nitrogens with one attached hydrogen (secondary N) is 1. The average Bonchev–Trinajstić information content (AvgIpc) is 2.74. The second-order valence-electron chi connectivity index (χ2n) is 5.23. The maximum atomic E-state index is 3.55. The van der Waals surface area contributed by atoms with Crippen molar-refractivity contribution in [3.63, 3.8) is 0 Å². The zero-order valence-electron chi connectivity index (χ0n) is 12.1. The Kier molecular flexibility index (Phi) is 5.17. The molecule has 0 radical (unpaired) electrons. The van der Waals surface area contributed by atoms with Gasteiger partial charge in [0.15, 0.2) is 0 Å². The summed E-state index contributed by atoms with van der Waals surface area (Å²) in [5.74, 6) is 0.625. The van der Waals surface area contributed by atoms with E-state index in [9.17, 15) is 0 Å². The van der Waals surface area contributed by atoms with E-state index in [0.29, 0.717) is 5.92 Å². The van der Waals surface area contributed by atoms with Crippen LogP contribution in [0.5, 0.6) is 0 Å². The van der Waals surface area contributed by atoms with Gasteiger partial charge in [0.05, 0.1) is 0 Å². The molecule has 2 aromatic rings. The number of hydrogen-bond acceptors (Lipinski definition) is 2. The van der Waals surface area contributed by atoms with Crippen molar-refractivity contribution >= 4 is 11.3 Å². The van der Waals surface area contributed by atoms with Gasteiger partial charge in [-0.15, -0.1) is 11.3 Å². The number of benzene rings is 1. The summed E-state index contributed by atoms with van der Waals surface area (Å²) in [6.45, 7) is 8.76. The molecule has 1 aromatic carbocycles. The van der Waals surface area contributed by atoms with E-state index in [1.54, 1.807) is 0 Å². The van der Waals surface area contributed by atoms with E-state index >= 15 is 0 Å². The minimum Gasteiger partial charge on any atom is -0.312 e. The molecule has 0 bridgehead atoms. The summed E-state index contributed by atoms with van der Waals surface area (Å²) in [5.41, 5.74) is 2.85. The van der Waals surface area contributed by atoms with Gasteiger partial charge in [0.1, 0.15) is 0 Å². The summed E-state index contributed by atoms with van der Waals surface area (Å²) >= 11 is 1.91. The first-order chi connectivity index (χ1) is 9.16. The second kappa shape index (κ2) is 6.88. The molecule has 2 heteroatoms. The van der Waals surface area contributed by atoms with Crippen LogP contribution in [-0.4, -0.2) is 6.54 Å². The lowest BCUT2D eigenvalue weighted by atomic mass is 9.98. The topological polar surface area (TPSA) is 12.0 Å². The van der Waals surface area contributed by atoms with Crippen molar-refractivity contribution in [1.29, 1.82) is 0 Å². The van der Waals surface area contributed by atoms with Gasteiger partial charge in [-0.2, -0.15) is 0 Å². The monoisotopic (exact) mass is 273 g/mol. The predicted molar refractivity (Wildman–Crippen MR) is 85.0 cm³/mol. The molecule has 0 saturated heterocycles. The molecule has 1 heterocycles. The zero-order chi connectivity index (χ0) is 13.7. The van der Waals surface area contributed by atoms with Gasteiger partial charge in [0, 0.05) is 16.3 Å². The lowest BCUT2D eigenvalue weighted by Crippen LogP contribution is -2.15. The van der Waals surface area contributed by atoms with Crippen LogP contribution in [0, 0.1) is 13.8 Å². The minimum atomic E-state index is 0.625. The summed E-state index contributed by atoms with van der Waals surface area (Å²) in [7, 11) is 0. The molecule has 0 amide bonds. The Labute approximate surface area is 120 Å². The Morgan fingerprint density at radius 3 is 2.53 bits per heavy atom. The van der Waals surface area contributed by atoms with Crippen LogP contribution in [0.15, 0.2) is 36.4 Å². The highest BCUT2D eigenvalue weighted by atomic mass is 32.1. The van der Waals surface area contributed by atoms with Crippen LogP contribution in [0.25, 0.3) is 0 Å². The first-order valence-electron chi connectivity index (χ1n) is 6.98. The van der Waals surface area contributed by atoms with Crippen molar-refractivity contribution < 1.29 is 0 Å². The number of thiophene rings is 1. The third kappa shape index (κ3) is 4.19. The third-order valence-corrected chi connectivity index (χ3v) is 4.79. The van der Waals surface area contributed by atoms with Gasteiger partial charge in [-0.1, -0.05) is 37.3 Å². The van der Waals surface area contributed by atoms with Crippen LogP contribution in [0.1, 0.15) is 40.1 Å². The zero-order valence-corrected chi connectivity index (χ0v) is 12.9. The highest BCUT2D eigenvalue weighted by molar-refractivity contribution is 7.12. The molecule has 0 aliphatic rings. The van der Waals surface area contributed by atoms with E-state index in [4.69, 9.17) is 0 Å². The van der Waals surface area contributed by atoms with E-state index in [-0.39, 0.29) is 0 Å². The molecule has 1 aromatic heterocycles. The fourth-order valence-electron chi connectivity index (χ4n) is 2.22. The molecule has 2 rings (SSSR count). The summed E-state index contributed by atoms with van der Waals surface area (Å²) in [6, 6.07) is 13.1. The highest BCUT2D eigenvalue weighted by Gasteiger charge is 2.05. The first kappa shape index (κ1) is 14.3. The fraction of sp³-hybridized carbons (Fsp3) is 0.412. The maximum absolute atomic E-state index is 3.55. The van der Waals surface area contributed by atoms with Crippen LogP contribution in [0.4, 0.5) is 0 Å². The average molecular weight is 273 g/mol. The van der Waals surface area contributed by atoms with Gasteiger partial charge in [0.25, 0.3) is 0 Å². The third-order valence-electron chi connectivity index (χ3n) is 3.64. The molecule has 102 valence electrons. The molecule has 1 atom stereocenters. The van der Waals surface area contributed by atoms with E-state index in [2.05, 4.69) is 62.5 Å². The molecule has 1 nitrogen and oxygen atoms in total. The smallest absolute Gasteiger partial charge is 0.0299 e. The van der Waals surface area contributed by atoms with Gasteiger partial charge < -0.3 is 5.32 Å². The van der Waals surface area contributed by atoms with Crippen molar-refractivity contribution in [3.05, 3.63) is 57.3 Å². The van der Waals surface area contributed by atoms with E-state index in [1.165, 1.54) is 27.3 Å². The molecule has 1 unspecified atom stereocenters. The van der Waals surface area contributed by atoms with E-state index in [0.717, 1.165) is 13.1 Å². The molecule has 0 aliphatic carbocycles. The second-order valence-corrected chi connectivity index (χ2v) is 6.57. The number of hydrogen-bond donors (Lipinski definition) is 1. The predicted octanol–water partition coefficient (Wildman–Crippen LogP) is 4.65. The summed E-state index contributed by atoms with van der Waals surface area (Å²) < 4.78 is 0. The van der Waals surface area contributed by atoms with E-state index in [1.807, 2.05) is 11.3 Å². The van der Waals surface area contributed by atoms with Crippen LogP contribution in [-0.2, 0) is 6.54 Å². The first-order valence-corrected chi connectivity index (χ1v) is 7.80. The molecular weight excluding hydrogens is 250 g/mol. The van der Waals surface area contributed by atoms with Crippen LogP contribution < -0.4 is 5.32 Å². The van der Waals surface area contributed by atoms with Gasteiger partial charge in [-0.05, 0) is 49.9 Å². The quantitative estimate of drug-likeness (QED) is 0.756. The van der Waals surface area contributed by atoms with Crippen LogP contribution in [0.2, 0.25) is 0 Å². The molecule has 19 heavy (non-hydrogen) atoms. The van der Waals surface area contributed by atoms with Gasteiger partial charge in [-0.3, -0.25) is 0 Å².